The van der Waals surface area contributed by atoms with Crippen molar-refractivity contribution in [3.8, 4) is 0 Å². The molecule has 0 spiro atoms. The Hall–Kier alpha value is -1.82. The van der Waals surface area contributed by atoms with Crippen LogP contribution in [0.4, 0.5) is 14.9 Å². The topological polar surface area (TPSA) is 53.6 Å². The molecule has 0 aliphatic carbocycles. The van der Waals surface area contributed by atoms with Crippen molar-refractivity contribution in [3.63, 3.8) is 0 Å². The van der Waals surface area contributed by atoms with Crippen molar-refractivity contribution in [3.05, 3.63) is 29.6 Å². The fourth-order valence-corrected chi connectivity index (χ4v) is 2.59. The Morgan fingerprint density at radius 2 is 2.33 bits per heavy atom. The minimum absolute atomic E-state index is 0.0643. The smallest absolute Gasteiger partial charge is 0.407 e. The third-order valence-corrected chi connectivity index (χ3v) is 3.64. The lowest BCUT2D eigenvalue weighted by atomic mass is 10.1. The first-order chi connectivity index (χ1) is 10.1. The Balaban J connectivity index is 2.06. The van der Waals surface area contributed by atoms with Gasteiger partial charge in [-0.2, -0.15) is 0 Å². The largest absolute Gasteiger partial charge is 0.453 e. The zero-order valence-electron chi connectivity index (χ0n) is 12.5. The van der Waals surface area contributed by atoms with Gasteiger partial charge in [0, 0.05) is 25.3 Å². The molecule has 1 aromatic rings. The number of nitrogens with zero attached hydrogens (tertiary/aromatic N) is 1. The monoisotopic (exact) mass is 295 g/mol. The molecule has 1 aliphatic heterocycles. The van der Waals surface area contributed by atoms with Gasteiger partial charge in [0.2, 0.25) is 0 Å². The van der Waals surface area contributed by atoms with Crippen LogP contribution in [0, 0.1) is 5.82 Å². The summed E-state index contributed by atoms with van der Waals surface area (Å²) in [6.07, 6.45) is 0.446. The Morgan fingerprint density at radius 1 is 1.52 bits per heavy atom. The maximum absolute atomic E-state index is 13.4. The molecule has 5 nitrogen and oxygen atoms in total. The lowest BCUT2D eigenvalue weighted by molar-refractivity contribution is 0.167. The zero-order chi connectivity index (χ0) is 15.2. The highest BCUT2D eigenvalue weighted by molar-refractivity contribution is 5.67. The van der Waals surface area contributed by atoms with Gasteiger partial charge in [-0.15, -0.1) is 0 Å². The summed E-state index contributed by atoms with van der Waals surface area (Å²) in [4.78, 5) is 13.4. The van der Waals surface area contributed by atoms with Gasteiger partial charge in [0.05, 0.1) is 13.2 Å². The number of halogens is 1. The Morgan fingerprint density at radius 3 is 3.05 bits per heavy atom. The highest BCUT2D eigenvalue weighted by Crippen LogP contribution is 2.25. The molecule has 1 aliphatic rings. The van der Waals surface area contributed by atoms with Crippen molar-refractivity contribution in [1.82, 2.24) is 10.6 Å². The van der Waals surface area contributed by atoms with E-state index in [9.17, 15) is 9.18 Å². The number of methoxy groups -OCH3 is 1. The Bertz CT molecular complexity index is 496. The van der Waals surface area contributed by atoms with E-state index in [2.05, 4.69) is 20.3 Å². The van der Waals surface area contributed by atoms with Gasteiger partial charge >= 0.3 is 6.09 Å². The number of carbonyl (C=O) groups is 1. The van der Waals surface area contributed by atoms with E-state index < -0.39 is 6.09 Å². The fraction of sp³-hybridized carbons (Fsp3) is 0.533. The van der Waals surface area contributed by atoms with E-state index in [1.165, 1.54) is 13.2 Å². The molecule has 1 atom stereocenters. The minimum atomic E-state index is -0.408. The van der Waals surface area contributed by atoms with Gasteiger partial charge < -0.3 is 20.3 Å². The Labute approximate surface area is 124 Å². The lowest BCUT2D eigenvalue weighted by Gasteiger charge is -2.22. The first-order valence-electron chi connectivity index (χ1n) is 7.22. The molecule has 1 fully saturated rings. The summed E-state index contributed by atoms with van der Waals surface area (Å²) in [7, 11) is 1.36. The van der Waals surface area contributed by atoms with Crippen LogP contribution in [0.3, 0.4) is 0 Å². The number of hydrogen-bond donors (Lipinski definition) is 2. The second-order valence-electron chi connectivity index (χ2n) is 5.12. The molecule has 1 amide bonds. The quantitative estimate of drug-likeness (QED) is 0.871. The molecular weight excluding hydrogens is 273 g/mol. The molecule has 1 aromatic carbocycles. The summed E-state index contributed by atoms with van der Waals surface area (Å²) in [5.41, 5.74) is 1.96. The van der Waals surface area contributed by atoms with Crippen LogP contribution in [0.2, 0.25) is 0 Å². The van der Waals surface area contributed by atoms with E-state index in [0.29, 0.717) is 13.1 Å². The molecule has 0 bridgehead atoms. The maximum atomic E-state index is 13.4. The summed E-state index contributed by atoms with van der Waals surface area (Å²) < 4.78 is 18.1. The van der Waals surface area contributed by atoms with Gasteiger partial charge in [-0.05, 0) is 36.7 Å². The normalized spacial score (nSPS) is 17.9. The van der Waals surface area contributed by atoms with Crippen molar-refractivity contribution < 1.29 is 13.9 Å². The van der Waals surface area contributed by atoms with E-state index in [0.717, 1.165) is 30.8 Å². The molecule has 116 valence electrons. The van der Waals surface area contributed by atoms with Gasteiger partial charge in [0.25, 0.3) is 0 Å². The zero-order valence-corrected chi connectivity index (χ0v) is 12.5. The fourth-order valence-electron chi connectivity index (χ4n) is 2.59. The standard InChI is InChI=1S/C15H22FN3O2/c1-3-17-9-11-8-12(16)4-5-14(11)19-7-6-13(10-19)18-15(20)21-2/h4-5,8,13,17H,3,6-7,9-10H2,1-2H3,(H,18,20). The third-order valence-electron chi connectivity index (χ3n) is 3.64. The predicted molar refractivity (Wildman–Crippen MR) is 79.9 cm³/mol. The van der Waals surface area contributed by atoms with Crippen LogP contribution in [0.1, 0.15) is 18.9 Å². The van der Waals surface area contributed by atoms with E-state index in [1.807, 2.05) is 13.0 Å². The highest BCUT2D eigenvalue weighted by Gasteiger charge is 2.25. The number of ether oxygens (including phenoxy) is 1. The number of carbonyl (C=O) groups excluding carboxylic acids is 1. The number of rotatable bonds is 5. The van der Waals surface area contributed by atoms with E-state index in [4.69, 9.17) is 0 Å². The second kappa shape index (κ2) is 7.26. The molecule has 1 saturated heterocycles. The number of alkyl carbamates (subject to hydrolysis) is 1. The predicted octanol–water partition coefficient (Wildman–Crippen LogP) is 1.87. The molecule has 2 N–H and O–H groups in total. The molecule has 6 heteroatoms. The third kappa shape index (κ3) is 4.07. The van der Waals surface area contributed by atoms with Gasteiger partial charge in [0.1, 0.15) is 5.82 Å². The van der Waals surface area contributed by atoms with Crippen molar-refractivity contribution >= 4 is 11.8 Å². The summed E-state index contributed by atoms with van der Waals surface area (Å²) >= 11 is 0. The number of anilines is 1. The SMILES string of the molecule is CCNCc1cc(F)ccc1N1CCC(NC(=O)OC)C1. The summed E-state index contributed by atoms with van der Waals surface area (Å²) in [6.45, 7) is 5.03. The van der Waals surface area contributed by atoms with Gasteiger partial charge in [-0.1, -0.05) is 6.92 Å². The second-order valence-corrected chi connectivity index (χ2v) is 5.12. The average molecular weight is 295 g/mol. The summed E-state index contributed by atoms with van der Waals surface area (Å²) in [5, 5.41) is 6.03. The molecule has 0 aromatic heterocycles. The number of nitrogens with one attached hydrogen (secondary N) is 2. The number of amides is 1. The first-order valence-corrected chi connectivity index (χ1v) is 7.22. The van der Waals surface area contributed by atoms with E-state index >= 15 is 0 Å². The highest BCUT2D eigenvalue weighted by atomic mass is 19.1. The van der Waals surface area contributed by atoms with Gasteiger partial charge in [-0.3, -0.25) is 0 Å². The van der Waals surface area contributed by atoms with Crippen LogP contribution in [0.15, 0.2) is 18.2 Å². The van der Waals surface area contributed by atoms with Crippen molar-refractivity contribution in [2.75, 3.05) is 31.6 Å². The van der Waals surface area contributed by atoms with Crippen LogP contribution in [-0.4, -0.2) is 38.9 Å². The summed E-state index contributed by atoms with van der Waals surface area (Å²) in [6, 6.07) is 4.92. The van der Waals surface area contributed by atoms with Crippen molar-refractivity contribution in [2.45, 2.75) is 25.9 Å². The number of benzene rings is 1. The maximum Gasteiger partial charge on any atom is 0.407 e. The van der Waals surface area contributed by atoms with Gasteiger partial charge in [-0.25, -0.2) is 9.18 Å². The van der Waals surface area contributed by atoms with E-state index in [1.54, 1.807) is 6.07 Å². The molecule has 21 heavy (non-hydrogen) atoms. The molecule has 0 saturated carbocycles. The molecule has 0 radical (unpaired) electrons. The van der Waals surface area contributed by atoms with Crippen LogP contribution in [0.5, 0.6) is 0 Å². The summed E-state index contributed by atoms with van der Waals surface area (Å²) in [5.74, 6) is -0.227. The van der Waals surface area contributed by atoms with Crippen LogP contribution in [-0.2, 0) is 11.3 Å². The van der Waals surface area contributed by atoms with Crippen LogP contribution < -0.4 is 15.5 Å². The van der Waals surface area contributed by atoms with E-state index in [-0.39, 0.29) is 11.9 Å². The molecule has 2 rings (SSSR count). The molecule has 1 unspecified atom stereocenters. The van der Waals surface area contributed by atoms with Crippen molar-refractivity contribution in [1.29, 1.82) is 0 Å². The van der Waals surface area contributed by atoms with Crippen molar-refractivity contribution in [2.24, 2.45) is 0 Å². The van der Waals surface area contributed by atoms with Crippen LogP contribution in [0.25, 0.3) is 0 Å². The Kier molecular flexibility index (Phi) is 5.38. The lowest BCUT2D eigenvalue weighted by Crippen LogP contribution is -2.37. The molecule has 1 heterocycles. The average Bonchev–Trinajstić information content (AvgIpc) is 2.93. The number of hydrogen-bond acceptors (Lipinski definition) is 4. The van der Waals surface area contributed by atoms with Crippen LogP contribution >= 0.6 is 0 Å². The molecular formula is C15H22FN3O2. The minimum Gasteiger partial charge on any atom is -0.453 e. The van der Waals surface area contributed by atoms with Gasteiger partial charge in [0.15, 0.2) is 0 Å². The first kappa shape index (κ1) is 15.6.